The van der Waals surface area contributed by atoms with Crippen molar-refractivity contribution in [2.75, 3.05) is 19.7 Å². The Labute approximate surface area is 122 Å². The molecule has 2 rings (SSSR count). The van der Waals surface area contributed by atoms with Crippen LogP contribution in [0.4, 0.5) is 0 Å². The van der Waals surface area contributed by atoms with Gasteiger partial charge in [0.25, 0.3) is 0 Å². The quantitative estimate of drug-likeness (QED) is 0.843. The van der Waals surface area contributed by atoms with Crippen LogP contribution in [0, 0.1) is 5.41 Å². The van der Waals surface area contributed by atoms with E-state index in [2.05, 4.69) is 18.7 Å². The van der Waals surface area contributed by atoms with E-state index in [9.17, 15) is 9.90 Å². The summed E-state index contributed by atoms with van der Waals surface area (Å²) in [5.41, 5.74) is -0.458. The molecule has 20 heavy (non-hydrogen) atoms. The highest BCUT2D eigenvalue weighted by Crippen LogP contribution is 2.38. The molecule has 0 saturated carbocycles. The van der Waals surface area contributed by atoms with E-state index in [1.54, 1.807) is 0 Å². The number of piperidine rings is 1. The van der Waals surface area contributed by atoms with Gasteiger partial charge < -0.3 is 14.7 Å². The maximum Gasteiger partial charge on any atom is 0.309 e. The Morgan fingerprint density at radius 1 is 1.35 bits per heavy atom. The van der Waals surface area contributed by atoms with Gasteiger partial charge in [-0.15, -0.1) is 0 Å². The molecule has 2 aliphatic rings. The summed E-state index contributed by atoms with van der Waals surface area (Å²) >= 11 is 0. The van der Waals surface area contributed by atoms with Gasteiger partial charge in [-0.1, -0.05) is 20.3 Å². The third-order valence-electron chi connectivity index (χ3n) is 5.25. The average Bonchev–Trinajstić information content (AvgIpc) is 2.48. The Hall–Kier alpha value is -0.610. The van der Waals surface area contributed by atoms with Crippen molar-refractivity contribution < 1.29 is 14.6 Å². The van der Waals surface area contributed by atoms with E-state index in [4.69, 9.17) is 4.74 Å². The predicted octanol–water partition coefficient (Wildman–Crippen LogP) is 2.91. The van der Waals surface area contributed by atoms with Crippen LogP contribution < -0.4 is 0 Å². The lowest BCUT2D eigenvalue weighted by atomic mass is 9.74. The van der Waals surface area contributed by atoms with Crippen molar-refractivity contribution >= 4 is 5.97 Å². The fraction of sp³-hybridized carbons (Fsp3) is 0.938. The molecule has 2 saturated heterocycles. The molecule has 2 atom stereocenters. The van der Waals surface area contributed by atoms with Gasteiger partial charge in [0.1, 0.15) is 0 Å². The summed E-state index contributed by atoms with van der Waals surface area (Å²) in [4.78, 5) is 14.1. The largest absolute Gasteiger partial charge is 0.481 e. The van der Waals surface area contributed by atoms with Crippen LogP contribution in [0.15, 0.2) is 0 Å². The minimum atomic E-state index is -0.586. The van der Waals surface area contributed by atoms with Crippen molar-refractivity contribution in [3.8, 4) is 0 Å². The number of hydrogen-bond donors (Lipinski definition) is 1. The van der Waals surface area contributed by atoms with E-state index in [0.717, 1.165) is 64.6 Å². The molecule has 2 heterocycles. The van der Waals surface area contributed by atoms with Gasteiger partial charge >= 0.3 is 5.97 Å². The Bertz CT molecular complexity index is 324. The minimum Gasteiger partial charge on any atom is -0.481 e. The van der Waals surface area contributed by atoms with Crippen LogP contribution in [0.25, 0.3) is 0 Å². The highest BCUT2D eigenvalue weighted by molar-refractivity contribution is 5.74. The average molecular weight is 283 g/mol. The first-order valence-electron chi connectivity index (χ1n) is 8.20. The molecule has 0 radical (unpaired) electrons. The second-order valence-electron chi connectivity index (χ2n) is 6.45. The van der Waals surface area contributed by atoms with Crippen molar-refractivity contribution in [2.24, 2.45) is 5.41 Å². The van der Waals surface area contributed by atoms with Crippen LogP contribution in [0.3, 0.4) is 0 Å². The molecule has 2 fully saturated rings. The number of carboxylic acids is 1. The zero-order chi connectivity index (χ0) is 14.6. The maximum atomic E-state index is 11.6. The highest BCUT2D eigenvalue weighted by Gasteiger charge is 2.42. The fourth-order valence-corrected chi connectivity index (χ4v) is 3.84. The van der Waals surface area contributed by atoms with Crippen molar-refractivity contribution in [1.82, 2.24) is 4.90 Å². The van der Waals surface area contributed by atoms with Crippen molar-refractivity contribution in [3.63, 3.8) is 0 Å². The molecule has 2 aliphatic heterocycles. The zero-order valence-corrected chi connectivity index (χ0v) is 12.9. The highest BCUT2D eigenvalue weighted by atomic mass is 16.5. The molecule has 0 spiro atoms. The second-order valence-corrected chi connectivity index (χ2v) is 6.45. The number of nitrogens with zero attached hydrogens (tertiary/aromatic N) is 1. The van der Waals surface area contributed by atoms with Gasteiger partial charge in [-0.3, -0.25) is 4.79 Å². The number of carboxylic acid groups (broad SMARTS) is 1. The first-order chi connectivity index (χ1) is 9.61. The molecular weight excluding hydrogens is 254 g/mol. The summed E-state index contributed by atoms with van der Waals surface area (Å²) in [6, 6.07) is 0.599. The standard InChI is InChI=1S/C16H29NO3/c1-3-6-16(15(18)19)7-9-17(10-8-16)13-5-11-20-14(4-2)12-13/h13-14H,3-12H2,1-2H3,(H,18,19). The monoisotopic (exact) mass is 283 g/mol. The van der Waals surface area contributed by atoms with E-state index < -0.39 is 11.4 Å². The van der Waals surface area contributed by atoms with Gasteiger partial charge in [-0.25, -0.2) is 0 Å². The molecule has 0 amide bonds. The van der Waals surface area contributed by atoms with Gasteiger partial charge in [0.15, 0.2) is 0 Å². The number of hydrogen-bond acceptors (Lipinski definition) is 3. The molecule has 0 aliphatic carbocycles. The molecule has 4 heteroatoms. The summed E-state index contributed by atoms with van der Waals surface area (Å²) < 4.78 is 5.75. The lowest BCUT2D eigenvalue weighted by Crippen LogP contribution is -2.50. The predicted molar refractivity (Wildman–Crippen MR) is 78.8 cm³/mol. The van der Waals surface area contributed by atoms with Crippen molar-refractivity contribution in [3.05, 3.63) is 0 Å². The number of likely N-dealkylation sites (tertiary alicyclic amines) is 1. The summed E-state index contributed by atoms with van der Waals surface area (Å²) in [5.74, 6) is -0.586. The van der Waals surface area contributed by atoms with E-state index in [-0.39, 0.29) is 0 Å². The molecular formula is C16H29NO3. The Morgan fingerprint density at radius 3 is 2.60 bits per heavy atom. The molecule has 0 aromatic heterocycles. The van der Waals surface area contributed by atoms with Crippen LogP contribution in [-0.4, -0.2) is 47.8 Å². The van der Waals surface area contributed by atoms with E-state index in [1.165, 1.54) is 0 Å². The maximum absolute atomic E-state index is 11.6. The number of ether oxygens (including phenoxy) is 1. The first kappa shape index (κ1) is 15.8. The molecule has 0 aromatic carbocycles. The fourth-order valence-electron chi connectivity index (χ4n) is 3.84. The van der Waals surface area contributed by atoms with E-state index in [0.29, 0.717) is 12.1 Å². The molecule has 0 bridgehead atoms. The third kappa shape index (κ3) is 3.34. The third-order valence-corrected chi connectivity index (χ3v) is 5.25. The van der Waals surface area contributed by atoms with Crippen LogP contribution in [-0.2, 0) is 9.53 Å². The van der Waals surface area contributed by atoms with E-state index in [1.807, 2.05) is 0 Å². The summed E-state index contributed by atoms with van der Waals surface area (Å²) in [7, 11) is 0. The van der Waals surface area contributed by atoms with Gasteiger partial charge in [0.2, 0.25) is 0 Å². The number of rotatable bonds is 5. The van der Waals surface area contributed by atoms with Crippen molar-refractivity contribution in [1.29, 1.82) is 0 Å². The van der Waals surface area contributed by atoms with Crippen LogP contribution in [0.2, 0.25) is 0 Å². The first-order valence-corrected chi connectivity index (χ1v) is 8.20. The lowest BCUT2D eigenvalue weighted by Gasteiger charge is -2.44. The summed E-state index contributed by atoms with van der Waals surface area (Å²) in [6.45, 7) is 7.00. The number of carbonyl (C=O) groups is 1. The topological polar surface area (TPSA) is 49.8 Å². The molecule has 116 valence electrons. The number of aliphatic carboxylic acids is 1. The normalized spacial score (nSPS) is 31.1. The summed E-state index contributed by atoms with van der Waals surface area (Å²) in [5, 5.41) is 9.56. The molecule has 1 N–H and O–H groups in total. The Kier molecular flexibility index (Phi) is 5.44. The van der Waals surface area contributed by atoms with Crippen LogP contribution in [0.1, 0.15) is 58.8 Å². The Balaban J connectivity index is 1.91. The lowest BCUT2D eigenvalue weighted by molar-refractivity contribution is -0.153. The van der Waals surface area contributed by atoms with Gasteiger partial charge in [-0.2, -0.15) is 0 Å². The van der Waals surface area contributed by atoms with Gasteiger partial charge in [0, 0.05) is 12.6 Å². The van der Waals surface area contributed by atoms with Crippen LogP contribution >= 0.6 is 0 Å². The molecule has 4 nitrogen and oxygen atoms in total. The zero-order valence-electron chi connectivity index (χ0n) is 12.9. The second kappa shape index (κ2) is 6.90. The van der Waals surface area contributed by atoms with E-state index >= 15 is 0 Å². The SMILES string of the molecule is CCCC1(C(=O)O)CCN(C2CCOC(CC)C2)CC1. The minimum absolute atomic E-state index is 0.399. The molecule has 2 unspecified atom stereocenters. The Morgan fingerprint density at radius 2 is 2.05 bits per heavy atom. The van der Waals surface area contributed by atoms with Crippen molar-refractivity contribution in [2.45, 2.75) is 70.9 Å². The smallest absolute Gasteiger partial charge is 0.309 e. The molecule has 0 aromatic rings. The van der Waals surface area contributed by atoms with Gasteiger partial charge in [-0.05, 0) is 51.6 Å². The summed E-state index contributed by atoms with van der Waals surface area (Å²) in [6.07, 6.45) is 7.10. The van der Waals surface area contributed by atoms with Gasteiger partial charge in [0.05, 0.1) is 11.5 Å². The van der Waals surface area contributed by atoms with Crippen LogP contribution in [0.5, 0.6) is 0 Å².